The maximum Gasteiger partial charge on any atom is 0.430 e. The van der Waals surface area contributed by atoms with Crippen molar-refractivity contribution in [2.24, 2.45) is 5.92 Å². The first-order chi connectivity index (χ1) is 23.7. The van der Waals surface area contributed by atoms with Crippen LogP contribution in [0.25, 0.3) is 0 Å². The quantitative estimate of drug-likeness (QED) is 0.187. The van der Waals surface area contributed by atoms with Gasteiger partial charge in [-0.3, -0.25) is 9.59 Å². The third kappa shape index (κ3) is 6.81. The summed E-state index contributed by atoms with van der Waals surface area (Å²) >= 11 is 0. The van der Waals surface area contributed by atoms with Crippen molar-refractivity contribution in [3.8, 4) is 0 Å². The maximum atomic E-state index is 14.5. The number of benzene rings is 3. The Bertz CT molecular complexity index is 1840. The van der Waals surface area contributed by atoms with Gasteiger partial charge in [0.05, 0.1) is 11.5 Å². The highest BCUT2D eigenvalue weighted by Crippen LogP contribution is 2.55. The minimum Gasteiger partial charge on any atom is -0.349 e. The van der Waals surface area contributed by atoms with E-state index in [1.54, 1.807) is 0 Å². The summed E-state index contributed by atoms with van der Waals surface area (Å²) in [4.78, 5) is 27.9. The van der Waals surface area contributed by atoms with E-state index in [0.717, 1.165) is 42.5 Å². The van der Waals surface area contributed by atoms with Crippen molar-refractivity contribution >= 4 is 21.7 Å². The number of ether oxygens (including phenoxy) is 1. The zero-order valence-electron chi connectivity index (χ0n) is 26.8. The van der Waals surface area contributed by atoms with Gasteiger partial charge in [0.25, 0.3) is 5.60 Å². The second-order valence-corrected chi connectivity index (χ2v) is 14.7. The number of rotatable bonds is 8. The van der Waals surface area contributed by atoms with E-state index in [1.807, 2.05) is 0 Å². The summed E-state index contributed by atoms with van der Waals surface area (Å²) in [6.07, 6.45) is -13.2. The van der Waals surface area contributed by atoms with Crippen LogP contribution in [0.3, 0.4) is 0 Å². The molecule has 51 heavy (non-hydrogen) atoms. The van der Waals surface area contributed by atoms with Gasteiger partial charge in [-0.05, 0) is 61.2 Å². The number of alkyl halides is 6. The number of halogens is 9. The summed E-state index contributed by atoms with van der Waals surface area (Å²) in [5, 5.41) is 0. The number of carbonyl (C=O) groups is 2. The monoisotopic (exact) mass is 750 g/mol. The van der Waals surface area contributed by atoms with Crippen molar-refractivity contribution < 1.29 is 62.3 Å². The molecule has 3 aromatic rings. The van der Waals surface area contributed by atoms with Gasteiger partial charge in [0.15, 0.2) is 9.84 Å². The van der Waals surface area contributed by atoms with Crippen LogP contribution in [0, 0.1) is 23.4 Å². The Hall–Kier alpha value is -4.12. The molecule has 2 atom stereocenters. The van der Waals surface area contributed by atoms with Crippen LogP contribution >= 0.6 is 0 Å². The fraction of sp³-hybridized carbons (Fsp3) is 0.412. The van der Waals surface area contributed by atoms with E-state index in [9.17, 15) is 57.5 Å². The minimum absolute atomic E-state index is 0.0275. The molecule has 276 valence electrons. The van der Waals surface area contributed by atoms with Crippen molar-refractivity contribution in [3.05, 3.63) is 101 Å². The summed E-state index contributed by atoms with van der Waals surface area (Å²) < 4.78 is 160. The lowest BCUT2D eigenvalue weighted by atomic mass is 9.88. The molecule has 2 fully saturated rings. The minimum atomic E-state index is -6.23. The van der Waals surface area contributed by atoms with E-state index in [1.165, 1.54) is 16.7 Å². The average molecular weight is 751 g/mol. The molecule has 17 heteroatoms. The van der Waals surface area contributed by atoms with E-state index >= 15 is 0 Å². The van der Waals surface area contributed by atoms with Crippen LogP contribution in [0.2, 0.25) is 0 Å². The Morgan fingerprint density at radius 2 is 1.33 bits per heavy atom. The number of nitrogens with zero attached hydrogens (tertiary/aromatic N) is 2. The molecule has 0 N–H and O–H groups in total. The van der Waals surface area contributed by atoms with E-state index in [2.05, 4.69) is 4.74 Å². The average Bonchev–Trinajstić information content (AvgIpc) is 3.53. The van der Waals surface area contributed by atoms with Crippen molar-refractivity contribution in [2.75, 3.05) is 26.2 Å². The Morgan fingerprint density at radius 3 is 1.84 bits per heavy atom. The standard InChI is InChI=1S/C34H31F9N2O5S/c1-21(46)44-15-17-45(18-16-44)30(47)22-13-14-31(19-22,51(48,49)26-11-9-25(35)10-12-26)23-5-7-24(8-6-23)32(33(38,39)40,34(41,42)43)50-20-27-28(36)3-2-4-29(27)37/h2-12,22H,13-20H2,1H3/t22-,31-/m0/s1. The lowest BCUT2D eigenvalue weighted by Crippen LogP contribution is -2.56. The van der Waals surface area contributed by atoms with Gasteiger partial charge in [-0.1, -0.05) is 30.3 Å². The van der Waals surface area contributed by atoms with Gasteiger partial charge in [0.1, 0.15) is 22.2 Å². The molecule has 1 saturated heterocycles. The second kappa shape index (κ2) is 13.8. The van der Waals surface area contributed by atoms with Gasteiger partial charge in [-0.15, -0.1) is 0 Å². The van der Waals surface area contributed by atoms with Crippen LogP contribution in [-0.4, -0.2) is 68.6 Å². The highest BCUT2D eigenvalue weighted by atomic mass is 32.2. The molecular formula is C34H31F9N2O5S. The predicted molar refractivity (Wildman–Crippen MR) is 163 cm³/mol. The number of hydrogen-bond donors (Lipinski definition) is 0. The van der Waals surface area contributed by atoms with Gasteiger partial charge < -0.3 is 14.5 Å². The molecule has 1 aliphatic heterocycles. The molecule has 2 aliphatic rings. The van der Waals surface area contributed by atoms with Crippen molar-refractivity contribution in [2.45, 2.75) is 60.4 Å². The smallest absolute Gasteiger partial charge is 0.349 e. The van der Waals surface area contributed by atoms with Gasteiger partial charge in [0, 0.05) is 50.1 Å². The second-order valence-electron chi connectivity index (χ2n) is 12.5. The number of piperazine rings is 1. The van der Waals surface area contributed by atoms with Crippen LogP contribution in [0.4, 0.5) is 39.5 Å². The first kappa shape index (κ1) is 38.1. The topological polar surface area (TPSA) is 84.0 Å². The van der Waals surface area contributed by atoms with Crippen LogP contribution in [0.5, 0.6) is 0 Å². The van der Waals surface area contributed by atoms with E-state index in [-0.39, 0.29) is 50.5 Å². The molecule has 0 radical (unpaired) electrons. The third-order valence-electron chi connectivity index (χ3n) is 9.61. The number of amides is 2. The van der Waals surface area contributed by atoms with Crippen molar-refractivity contribution in [1.82, 2.24) is 9.80 Å². The first-order valence-corrected chi connectivity index (χ1v) is 17.1. The molecule has 0 spiro atoms. The van der Waals surface area contributed by atoms with Gasteiger partial charge in [-0.25, -0.2) is 21.6 Å². The molecule has 1 aliphatic carbocycles. The van der Waals surface area contributed by atoms with E-state index in [4.69, 9.17) is 0 Å². The third-order valence-corrected chi connectivity index (χ3v) is 12.1. The van der Waals surface area contributed by atoms with Crippen LogP contribution in [-0.2, 0) is 41.1 Å². The van der Waals surface area contributed by atoms with Crippen LogP contribution in [0.1, 0.15) is 42.9 Å². The molecule has 1 saturated carbocycles. The van der Waals surface area contributed by atoms with E-state index < -0.39 is 90.9 Å². The maximum absolute atomic E-state index is 14.5. The first-order valence-electron chi connectivity index (χ1n) is 15.6. The zero-order chi connectivity index (χ0) is 37.6. The molecule has 0 unspecified atom stereocenters. The fourth-order valence-electron chi connectivity index (χ4n) is 6.82. The molecule has 0 aromatic heterocycles. The summed E-state index contributed by atoms with van der Waals surface area (Å²) in [7, 11) is -4.60. The lowest BCUT2D eigenvalue weighted by Gasteiger charge is -2.38. The molecule has 7 nitrogen and oxygen atoms in total. The Labute approximate surface area is 286 Å². The highest BCUT2D eigenvalue weighted by molar-refractivity contribution is 7.92. The van der Waals surface area contributed by atoms with Crippen LogP contribution < -0.4 is 0 Å². The van der Waals surface area contributed by atoms with Crippen molar-refractivity contribution in [1.29, 1.82) is 0 Å². The number of sulfone groups is 1. The molecule has 5 rings (SSSR count). The van der Waals surface area contributed by atoms with Gasteiger partial charge in [-0.2, -0.15) is 26.3 Å². The Balaban J connectivity index is 1.56. The van der Waals surface area contributed by atoms with Crippen LogP contribution in [0.15, 0.2) is 71.6 Å². The molecule has 3 aromatic carbocycles. The molecular weight excluding hydrogens is 719 g/mol. The van der Waals surface area contributed by atoms with Gasteiger partial charge in [0.2, 0.25) is 11.8 Å². The lowest BCUT2D eigenvalue weighted by molar-refractivity contribution is -0.392. The van der Waals surface area contributed by atoms with E-state index in [0.29, 0.717) is 24.3 Å². The zero-order valence-corrected chi connectivity index (χ0v) is 27.6. The molecule has 2 amide bonds. The van der Waals surface area contributed by atoms with Gasteiger partial charge >= 0.3 is 12.4 Å². The Kier molecular flexibility index (Phi) is 10.3. The highest BCUT2D eigenvalue weighted by Gasteiger charge is 2.73. The van der Waals surface area contributed by atoms with Crippen molar-refractivity contribution in [3.63, 3.8) is 0 Å². The predicted octanol–water partition coefficient (Wildman–Crippen LogP) is 6.80. The Morgan fingerprint density at radius 1 is 0.804 bits per heavy atom. The summed E-state index contributed by atoms with van der Waals surface area (Å²) in [6.45, 7) is 0.397. The largest absolute Gasteiger partial charge is 0.430 e. The number of hydrogen-bond acceptors (Lipinski definition) is 5. The SMILES string of the molecule is CC(=O)N1CCN(C(=O)[C@H]2CC[C@](c3ccc(C(OCc4c(F)cccc4F)(C(F)(F)F)C(F)(F)F)cc3)(S(=O)(=O)c3ccc(F)cc3)C2)CC1. The summed E-state index contributed by atoms with van der Waals surface area (Å²) in [5.41, 5.74) is -8.08. The fourth-order valence-corrected chi connectivity index (χ4v) is 9.01. The summed E-state index contributed by atoms with van der Waals surface area (Å²) in [6, 6.07) is 8.06. The molecule has 0 bridgehead atoms. The normalized spacial score (nSPS) is 20.5. The molecule has 1 heterocycles. The summed E-state index contributed by atoms with van der Waals surface area (Å²) in [5.74, 6) is -5.23. The number of carbonyl (C=O) groups excluding carboxylic acids is 2.